The molecule has 340 valence electrons. The fourth-order valence-electron chi connectivity index (χ4n) is 10.5. The quantitative estimate of drug-likeness (QED) is 0.168. The maximum atomic E-state index is 14.9. The van der Waals surface area contributed by atoms with E-state index < -0.39 is 58.1 Å². The van der Waals surface area contributed by atoms with Gasteiger partial charge in [-0.15, -0.1) is 0 Å². The molecule has 0 unspecified atom stereocenters. The van der Waals surface area contributed by atoms with Crippen LogP contribution >= 0.6 is 0 Å². The van der Waals surface area contributed by atoms with Gasteiger partial charge in [0.25, 0.3) is 11.8 Å². The van der Waals surface area contributed by atoms with Crippen LogP contribution in [0, 0.1) is 23.3 Å². The van der Waals surface area contributed by atoms with Crippen molar-refractivity contribution in [2.24, 2.45) is 0 Å². The minimum Gasteiger partial charge on any atom is -0.502 e. The fourth-order valence-corrected chi connectivity index (χ4v) is 10.5. The molecule has 2 aromatic heterocycles. The van der Waals surface area contributed by atoms with E-state index in [4.69, 9.17) is 0 Å². The van der Waals surface area contributed by atoms with Gasteiger partial charge < -0.3 is 20.0 Å². The van der Waals surface area contributed by atoms with Crippen molar-refractivity contribution in [2.75, 3.05) is 26.2 Å². The Morgan fingerprint density at radius 2 is 0.818 bits per heavy atom. The van der Waals surface area contributed by atoms with Crippen molar-refractivity contribution in [1.29, 1.82) is 0 Å². The molecule has 0 fully saturated rings. The Hall–Kier alpha value is -7.10. The SMILES string of the molecule is CCCN1C[C@@H](C2c3cccc(F)c3CCc3c(F)cccc32)n2ncc(=O)c(O)c2C1=O.CCCN1C[C@H](C2c3cccc(F)c3CCc3c(F)cccc32)n2ncc(=O)c(O)c2C1=O. The van der Waals surface area contributed by atoms with Crippen molar-refractivity contribution in [1.82, 2.24) is 29.4 Å². The molecule has 2 atom stereocenters. The summed E-state index contributed by atoms with van der Waals surface area (Å²) in [6.07, 6.45) is 4.65. The molecule has 4 heterocycles. The number of halogens is 4. The molecule has 16 heteroatoms. The smallest absolute Gasteiger partial charge is 0.276 e. The molecule has 0 spiro atoms. The number of carbonyl (C=O) groups is 2. The fraction of sp³-hybridized carbons (Fsp3) is 0.320. The topological polar surface area (TPSA) is 151 Å². The third-order valence-electron chi connectivity index (χ3n) is 13.4. The van der Waals surface area contributed by atoms with Crippen LogP contribution in [0.25, 0.3) is 0 Å². The van der Waals surface area contributed by atoms with Crippen molar-refractivity contribution in [3.05, 3.63) is 185 Å². The maximum Gasteiger partial charge on any atom is 0.276 e. The van der Waals surface area contributed by atoms with Gasteiger partial charge in [0.2, 0.25) is 10.9 Å². The lowest BCUT2D eigenvalue weighted by Gasteiger charge is -2.39. The van der Waals surface area contributed by atoms with Gasteiger partial charge in [-0.1, -0.05) is 62.4 Å². The number of nitrogens with zero attached hydrogens (tertiary/aromatic N) is 6. The first-order valence-corrected chi connectivity index (χ1v) is 22.1. The first-order chi connectivity index (χ1) is 31.8. The normalized spacial score (nSPS) is 17.8. The summed E-state index contributed by atoms with van der Waals surface area (Å²) >= 11 is 0. The highest BCUT2D eigenvalue weighted by Gasteiger charge is 2.44. The molecule has 0 bridgehead atoms. The summed E-state index contributed by atoms with van der Waals surface area (Å²) in [4.78, 5) is 53.6. The second-order valence-corrected chi connectivity index (χ2v) is 17.1. The van der Waals surface area contributed by atoms with Crippen molar-refractivity contribution in [2.45, 2.75) is 76.3 Å². The van der Waals surface area contributed by atoms with E-state index in [9.17, 15) is 47.0 Å². The zero-order chi connectivity index (χ0) is 46.6. The van der Waals surface area contributed by atoms with E-state index in [-0.39, 0.29) is 47.7 Å². The molecular weight excluding hydrogens is 857 g/mol. The number of benzene rings is 4. The third kappa shape index (κ3) is 7.41. The Balaban J connectivity index is 0.000000166. The number of rotatable bonds is 6. The van der Waals surface area contributed by atoms with E-state index >= 15 is 0 Å². The standard InChI is InChI=1S/2C25H23F2N3O3/c2*1-2-11-29-13-20(30-23(25(29)33)24(32)21(31)12-28-30)22-16-5-3-7-18(26)14(16)9-10-15-17(22)6-4-8-19(15)27/h2*3-8,12,20,22,32H,2,9-11,13H2,1H3/t2*20-/m10/s1. The van der Waals surface area contributed by atoms with Gasteiger partial charge >= 0.3 is 0 Å². The highest BCUT2D eigenvalue weighted by atomic mass is 19.1. The number of amides is 2. The lowest BCUT2D eigenvalue weighted by molar-refractivity contribution is 0.0627. The highest BCUT2D eigenvalue weighted by Crippen LogP contribution is 2.46. The van der Waals surface area contributed by atoms with Crippen molar-refractivity contribution in [3.8, 4) is 11.5 Å². The number of hydrogen-bond acceptors (Lipinski definition) is 8. The number of aromatic hydroxyl groups is 2. The van der Waals surface area contributed by atoms with Crippen molar-refractivity contribution >= 4 is 11.8 Å². The molecule has 2 aliphatic carbocycles. The van der Waals surface area contributed by atoms with Gasteiger partial charge in [-0.2, -0.15) is 10.2 Å². The summed E-state index contributed by atoms with van der Waals surface area (Å²) in [6, 6.07) is 18.2. The second-order valence-electron chi connectivity index (χ2n) is 17.1. The average Bonchev–Trinajstić information content (AvgIpc) is 3.58. The highest BCUT2D eigenvalue weighted by molar-refractivity contribution is 5.96. The van der Waals surface area contributed by atoms with Crippen LogP contribution in [-0.2, 0) is 25.7 Å². The van der Waals surface area contributed by atoms with Gasteiger partial charge in [-0.3, -0.25) is 28.5 Å². The molecule has 2 N–H and O–H groups in total. The van der Waals surface area contributed by atoms with E-state index in [2.05, 4.69) is 10.2 Å². The third-order valence-corrected chi connectivity index (χ3v) is 13.4. The number of fused-ring (bicyclic) bond motifs is 6. The zero-order valence-corrected chi connectivity index (χ0v) is 36.2. The molecule has 4 aliphatic rings. The van der Waals surface area contributed by atoms with Gasteiger partial charge in [0.15, 0.2) is 22.9 Å². The number of carbonyl (C=O) groups excluding carboxylic acids is 2. The molecule has 66 heavy (non-hydrogen) atoms. The second kappa shape index (κ2) is 17.7. The van der Waals surface area contributed by atoms with Gasteiger partial charge in [-0.05, 0) is 107 Å². The van der Waals surface area contributed by atoms with Crippen LogP contribution in [0.15, 0.2) is 94.8 Å². The van der Waals surface area contributed by atoms with E-state index in [1.807, 2.05) is 38.1 Å². The molecule has 0 saturated heterocycles. The van der Waals surface area contributed by atoms with E-state index in [1.54, 1.807) is 34.1 Å². The van der Waals surface area contributed by atoms with Crippen LogP contribution in [0.3, 0.4) is 0 Å². The van der Waals surface area contributed by atoms with E-state index in [1.165, 1.54) is 33.6 Å². The molecular formula is C50H46F4N6O6. The Morgan fingerprint density at radius 3 is 1.11 bits per heavy atom. The lowest BCUT2D eigenvalue weighted by Crippen LogP contribution is -2.47. The van der Waals surface area contributed by atoms with Gasteiger partial charge in [0.05, 0.1) is 24.5 Å². The van der Waals surface area contributed by atoms with Crippen molar-refractivity contribution < 1.29 is 37.4 Å². The summed E-state index contributed by atoms with van der Waals surface area (Å²) in [5, 5.41) is 29.4. The minimum absolute atomic E-state index is 0.188. The molecule has 2 aliphatic heterocycles. The van der Waals surface area contributed by atoms with E-state index in [0.29, 0.717) is 96.1 Å². The predicted octanol–water partition coefficient (Wildman–Crippen LogP) is 7.13. The Morgan fingerprint density at radius 1 is 0.515 bits per heavy atom. The van der Waals surface area contributed by atoms with Crippen LogP contribution in [-0.4, -0.2) is 77.6 Å². The summed E-state index contributed by atoms with van der Waals surface area (Å²) in [7, 11) is 0. The Labute approximate surface area is 376 Å². The summed E-state index contributed by atoms with van der Waals surface area (Å²) < 4.78 is 62.4. The van der Waals surface area contributed by atoms with Crippen LogP contribution in [0.2, 0.25) is 0 Å². The number of hydrogen-bond donors (Lipinski definition) is 2. The summed E-state index contributed by atoms with van der Waals surface area (Å²) in [5.41, 5.74) is 2.93. The average molecular weight is 903 g/mol. The van der Waals surface area contributed by atoms with Crippen LogP contribution in [0.5, 0.6) is 11.5 Å². The first-order valence-electron chi connectivity index (χ1n) is 22.1. The largest absolute Gasteiger partial charge is 0.502 e. The molecule has 10 rings (SSSR count). The zero-order valence-electron chi connectivity index (χ0n) is 36.2. The molecule has 0 saturated carbocycles. The molecule has 0 radical (unpaired) electrons. The van der Waals surface area contributed by atoms with Crippen LogP contribution in [0.4, 0.5) is 17.6 Å². The maximum absolute atomic E-state index is 14.9. The molecule has 6 aromatic rings. The Bertz CT molecular complexity index is 2740. The van der Waals surface area contributed by atoms with Crippen LogP contribution < -0.4 is 10.9 Å². The molecule has 2 amide bonds. The molecule has 12 nitrogen and oxygen atoms in total. The lowest BCUT2D eigenvalue weighted by atomic mass is 9.81. The predicted molar refractivity (Wildman–Crippen MR) is 235 cm³/mol. The van der Waals surface area contributed by atoms with E-state index in [0.717, 1.165) is 12.4 Å². The first kappa shape index (κ1) is 44.1. The van der Waals surface area contributed by atoms with Gasteiger partial charge in [-0.25, -0.2) is 17.6 Å². The van der Waals surface area contributed by atoms with Gasteiger partial charge in [0.1, 0.15) is 23.3 Å². The molecule has 4 aromatic carbocycles. The summed E-state index contributed by atoms with van der Waals surface area (Å²) in [6.45, 7) is 5.13. The summed E-state index contributed by atoms with van der Waals surface area (Å²) in [5.74, 6) is -4.81. The van der Waals surface area contributed by atoms with Crippen molar-refractivity contribution in [3.63, 3.8) is 0 Å². The minimum atomic E-state index is -0.745. The Kier molecular flexibility index (Phi) is 11.8. The van der Waals surface area contributed by atoms with Gasteiger partial charge in [0, 0.05) is 38.0 Å². The van der Waals surface area contributed by atoms with Crippen LogP contribution in [0.1, 0.15) is 116 Å². The number of aromatic nitrogens is 4. The monoisotopic (exact) mass is 902 g/mol.